The maximum absolute atomic E-state index is 12.7. The highest BCUT2D eigenvalue weighted by atomic mass is 35.5. The van der Waals surface area contributed by atoms with E-state index in [1.165, 1.54) is 0 Å². The zero-order valence-corrected chi connectivity index (χ0v) is 19.2. The molecular formula is C21H23Cl2N3O3S. The van der Waals surface area contributed by atoms with Crippen molar-refractivity contribution < 1.29 is 13.2 Å². The summed E-state index contributed by atoms with van der Waals surface area (Å²) >= 11 is 11.9. The molecule has 6 nitrogen and oxygen atoms in total. The summed E-state index contributed by atoms with van der Waals surface area (Å²) in [5.74, 6) is 0.460. The van der Waals surface area contributed by atoms with E-state index in [4.69, 9.17) is 27.9 Å². The Hall–Kier alpha value is -2.06. The zero-order valence-electron chi connectivity index (χ0n) is 16.9. The van der Waals surface area contributed by atoms with E-state index in [9.17, 15) is 8.42 Å². The lowest BCUT2D eigenvalue weighted by atomic mass is 10.2. The standard InChI is InChI=1S/C21H23Cl2N3O3S/c1-4-26-20(12-24-21(26)29-17-8-5-14(2)6-9-17)15(3)25-30(27,28)13-16-7-10-18(22)19(23)11-16/h5-12,15,25H,4,13H2,1-3H3. The van der Waals surface area contributed by atoms with Crippen LogP contribution in [0.1, 0.15) is 36.7 Å². The van der Waals surface area contributed by atoms with Crippen molar-refractivity contribution >= 4 is 33.2 Å². The van der Waals surface area contributed by atoms with Crippen molar-refractivity contribution in [3.8, 4) is 11.8 Å². The van der Waals surface area contributed by atoms with Crippen molar-refractivity contribution in [3.05, 3.63) is 75.5 Å². The smallest absolute Gasteiger partial charge is 0.302 e. The normalized spacial score (nSPS) is 12.7. The van der Waals surface area contributed by atoms with Crippen LogP contribution in [0.4, 0.5) is 0 Å². The summed E-state index contributed by atoms with van der Waals surface area (Å²) in [7, 11) is -3.62. The Morgan fingerprint density at radius 3 is 2.47 bits per heavy atom. The third-order valence-electron chi connectivity index (χ3n) is 4.54. The van der Waals surface area contributed by atoms with Gasteiger partial charge in [-0.3, -0.25) is 4.57 Å². The molecule has 0 amide bonds. The molecule has 1 atom stereocenters. The number of halogens is 2. The minimum Gasteiger partial charge on any atom is -0.426 e. The van der Waals surface area contributed by atoms with Gasteiger partial charge in [-0.25, -0.2) is 18.1 Å². The Kier molecular flexibility index (Phi) is 7.08. The Labute approximate surface area is 186 Å². The van der Waals surface area contributed by atoms with Gasteiger partial charge < -0.3 is 4.74 Å². The number of nitrogens with one attached hydrogen (secondary N) is 1. The quantitative estimate of drug-likeness (QED) is 0.475. The maximum Gasteiger partial charge on any atom is 0.302 e. The molecule has 160 valence electrons. The minimum absolute atomic E-state index is 0.207. The van der Waals surface area contributed by atoms with Crippen molar-refractivity contribution in [2.45, 2.75) is 39.1 Å². The summed E-state index contributed by atoms with van der Waals surface area (Å²) in [5, 5.41) is 0.700. The third-order valence-corrected chi connectivity index (χ3v) is 6.70. The first kappa shape index (κ1) is 22.6. The molecule has 3 rings (SSSR count). The SMILES string of the molecule is CCn1c(C(C)NS(=O)(=O)Cc2ccc(Cl)c(Cl)c2)cnc1Oc1ccc(C)cc1. The number of aryl methyl sites for hydroxylation is 1. The van der Waals surface area contributed by atoms with Crippen molar-refractivity contribution in [1.82, 2.24) is 14.3 Å². The number of imidazole rings is 1. The van der Waals surface area contributed by atoms with Gasteiger partial charge in [-0.1, -0.05) is 47.0 Å². The summed E-state index contributed by atoms with van der Waals surface area (Å²) in [6.07, 6.45) is 1.62. The molecule has 1 N–H and O–H groups in total. The van der Waals surface area contributed by atoms with Crippen LogP contribution in [0.3, 0.4) is 0 Å². The van der Waals surface area contributed by atoms with E-state index >= 15 is 0 Å². The van der Waals surface area contributed by atoms with Gasteiger partial charge in [0, 0.05) is 6.54 Å². The molecule has 0 fully saturated rings. The fourth-order valence-corrected chi connectivity index (χ4v) is 4.73. The van der Waals surface area contributed by atoms with Gasteiger partial charge in [0.25, 0.3) is 0 Å². The molecule has 0 radical (unpaired) electrons. The first-order valence-electron chi connectivity index (χ1n) is 9.42. The first-order chi connectivity index (χ1) is 14.2. The largest absolute Gasteiger partial charge is 0.426 e. The average molecular weight is 468 g/mol. The highest BCUT2D eigenvalue weighted by molar-refractivity contribution is 7.88. The van der Waals surface area contributed by atoms with Crippen molar-refractivity contribution in [1.29, 1.82) is 0 Å². The molecule has 3 aromatic rings. The molecule has 0 saturated carbocycles. The molecule has 1 unspecified atom stereocenters. The van der Waals surface area contributed by atoms with Crippen LogP contribution in [-0.4, -0.2) is 18.0 Å². The lowest BCUT2D eigenvalue weighted by Gasteiger charge is -2.17. The van der Waals surface area contributed by atoms with E-state index in [0.717, 1.165) is 5.56 Å². The van der Waals surface area contributed by atoms with Crippen LogP contribution in [0.5, 0.6) is 11.8 Å². The van der Waals surface area contributed by atoms with E-state index in [-0.39, 0.29) is 5.75 Å². The Morgan fingerprint density at radius 1 is 1.13 bits per heavy atom. The van der Waals surface area contributed by atoms with Gasteiger partial charge >= 0.3 is 6.01 Å². The minimum atomic E-state index is -3.62. The second kappa shape index (κ2) is 9.39. The topological polar surface area (TPSA) is 73.2 Å². The number of aromatic nitrogens is 2. The Morgan fingerprint density at radius 2 is 1.83 bits per heavy atom. The molecular weight excluding hydrogens is 445 g/mol. The van der Waals surface area contributed by atoms with Gasteiger partial charge in [-0.15, -0.1) is 0 Å². The summed E-state index contributed by atoms with van der Waals surface area (Å²) in [5.41, 5.74) is 2.39. The number of ether oxygens (including phenoxy) is 1. The summed E-state index contributed by atoms with van der Waals surface area (Å²) < 4.78 is 35.7. The van der Waals surface area contributed by atoms with E-state index in [0.29, 0.717) is 39.6 Å². The number of nitrogens with zero attached hydrogens (tertiary/aromatic N) is 2. The van der Waals surface area contributed by atoms with Crippen molar-refractivity contribution in [3.63, 3.8) is 0 Å². The second-order valence-electron chi connectivity index (χ2n) is 6.97. The third kappa shape index (κ3) is 5.55. The van der Waals surface area contributed by atoms with Gasteiger partial charge in [-0.05, 0) is 50.6 Å². The monoisotopic (exact) mass is 467 g/mol. The van der Waals surface area contributed by atoms with Crippen LogP contribution >= 0.6 is 23.2 Å². The number of benzene rings is 2. The highest BCUT2D eigenvalue weighted by Gasteiger charge is 2.22. The van der Waals surface area contributed by atoms with Crippen LogP contribution in [0, 0.1) is 6.92 Å². The summed E-state index contributed by atoms with van der Waals surface area (Å²) in [6, 6.07) is 12.3. The molecule has 0 spiro atoms. The fourth-order valence-electron chi connectivity index (χ4n) is 3.05. The summed E-state index contributed by atoms with van der Waals surface area (Å²) in [4.78, 5) is 4.33. The predicted molar refractivity (Wildman–Crippen MR) is 120 cm³/mol. The van der Waals surface area contributed by atoms with E-state index < -0.39 is 16.1 Å². The summed E-state index contributed by atoms with van der Waals surface area (Å²) in [6.45, 7) is 6.30. The molecule has 1 aromatic heterocycles. The van der Waals surface area contributed by atoms with Gasteiger partial charge in [0.2, 0.25) is 10.0 Å². The molecule has 2 aromatic carbocycles. The van der Waals surface area contributed by atoms with E-state index in [1.54, 1.807) is 31.3 Å². The Balaban J connectivity index is 1.75. The Bertz CT molecular complexity index is 1130. The number of hydrogen-bond acceptors (Lipinski definition) is 4. The number of rotatable bonds is 8. The van der Waals surface area contributed by atoms with Gasteiger partial charge in [0.15, 0.2) is 0 Å². The average Bonchev–Trinajstić information content (AvgIpc) is 3.08. The molecule has 0 aliphatic carbocycles. The van der Waals surface area contributed by atoms with Gasteiger partial charge in [0.1, 0.15) is 5.75 Å². The highest BCUT2D eigenvalue weighted by Crippen LogP contribution is 2.26. The van der Waals surface area contributed by atoms with Crippen LogP contribution in [0.25, 0.3) is 0 Å². The number of hydrogen-bond donors (Lipinski definition) is 1. The molecule has 0 bridgehead atoms. The lowest BCUT2D eigenvalue weighted by molar-refractivity contribution is 0.408. The molecule has 0 aliphatic rings. The van der Waals surface area contributed by atoms with Gasteiger partial charge in [0.05, 0.1) is 33.7 Å². The first-order valence-corrected chi connectivity index (χ1v) is 11.8. The van der Waals surface area contributed by atoms with Crippen molar-refractivity contribution in [2.75, 3.05) is 0 Å². The molecule has 0 saturated heterocycles. The lowest BCUT2D eigenvalue weighted by Crippen LogP contribution is -2.29. The molecule has 30 heavy (non-hydrogen) atoms. The van der Waals surface area contributed by atoms with Crippen LogP contribution in [0.2, 0.25) is 10.0 Å². The van der Waals surface area contributed by atoms with Crippen LogP contribution in [-0.2, 0) is 22.3 Å². The molecule has 0 aliphatic heterocycles. The van der Waals surface area contributed by atoms with Gasteiger partial charge in [-0.2, -0.15) is 0 Å². The fraction of sp³-hybridized carbons (Fsp3) is 0.286. The maximum atomic E-state index is 12.7. The van der Waals surface area contributed by atoms with Crippen LogP contribution in [0.15, 0.2) is 48.7 Å². The van der Waals surface area contributed by atoms with E-state index in [2.05, 4.69) is 9.71 Å². The number of sulfonamides is 1. The molecule has 1 heterocycles. The molecule has 9 heteroatoms. The zero-order chi connectivity index (χ0) is 21.9. The van der Waals surface area contributed by atoms with E-state index in [1.807, 2.05) is 42.7 Å². The second-order valence-corrected chi connectivity index (χ2v) is 9.54. The predicted octanol–water partition coefficient (Wildman–Crippen LogP) is 5.49. The van der Waals surface area contributed by atoms with Crippen LogP contribution < -0.4 is 9.46 Å². The van der Waals surface area contributed by atoms with Crippen molar-refractivity contribution in [2.24, 2.45) is 0 Å².